The fourth-order valence-corrected chi connectivity index (χ4v) is 2.42. The van der Waals surface area contributed by atoms with Gasteiger partial charge in [-0.3, -0.25) is 4.79 Å². The van der Waals surface area contributed by atoms with E-state index in [1.807, 2.05) is 17.0 Å². The molecule has 1 saturated heterocycles. The van der Waals surface area contributed by atoms with Crippen LogP contribution in [0.15, 0.2) is 24.3 Å². The number of hydrogen-bond donors (Lipinski definition) is 0. The number of carbonyl (C=O) groups excluding carboxylic acids is 1. The topological polar surface area (TPSA) is 20.3 Å². The maximum absolute atomic E-state index is 12.0. The molecule has 1 aromatic carbocycles. The Kier molecular flexibility index (Phi) is 2.75. The molecular weight excluding hydrogens is 198 g/mol. The Morgan fingerprint density at radius 2 is 1.81 bits per heavy atom. The average molecular weight is 217 g/mol. The van der Waals surface area contributed by atoms with E-state index >= 15 is 0 Å². The van der Waals surface area contributed by atoms with Crippen molar-refractivity contribution in [1.82, 2.24) is 0 Å². The number of carbonyl (C=O) groups is 1. The molecule has 0 unspecified atom stereocenters. The summed E-state index contributed by atoms with van der Waals surface area (Å²) in [5.74, 6) is 0.250. The molecule has 0 N–H and O–H groups in total. The van der Waals surface area contributed by atoms with Gasteiger partial charge in [-0.1, -0.05) is 17.7 Å². The lowest BCUT2D eigenvalue weighted by Gasteiger charge is -2.42. The summed E-state index contributed by atoms with van der Waals surface area (Å²) in [7, 11) is 0. The lowest BCUT2D eigenvalue weighted by atomic mass is 9.89. The minimum Gasteiger partial charge on any atom is -0.307 e. The lowest BCUT2D eigenvalue weighted by molar-refractivity contribution is -0.121. The number of benzene rings is 1. The van der Waals surface area contributed by atoms with Crippen LogP contribution in [0, 0.1) is 6.92 Å². The molecule has 1 aromatic rings. The number of rotatable bonds is 1. The Bertz CT molecular complexity index is 392. The maximum atomic E-state index is 12.0. The van der Waals surface area contributed by atoms with Gasteiger partial charge in [-0.05, 0) is 45.7 Å². The molecule has 0 aromatic heterocycles. The van der Waals surface area contributed by atoms with Gasteiger partial charge in [-0.25, -0.2) is 0 Å². The van der Waals surface area contributed by atoms with Crippen molar-refractivity contribution in [2.24, 2.45) is 0 Å². The van der Waals surface area contributed by atoms with Crippen molar-refractivity contribution in [2.45, 2.75) is 45.6 Å². The first-order valence-electron chi connectivity index (χ1n) is 5.90. The Balaban J connectivity index is 2.36. The molecule has 0 atom stereocenters. The molecule has 0 aliphatic carbocycles. The Hall–Kier alpha value is -1.31. The second-order valence-electron chi connectivity index (χ2n) is 5.23. The van der Waals surface area contributed by atoms with Gasteiger partial charge >= 0.3 is 0 Å². The van der Waals surface area contributed by atoms with E-state index in [1.54, 1.807) is 0 Å². The third-order valence-electron chi connectivity index (χ3n) is 3.33. The quantitative estimate of drug-likeness (QED) is 0.707. The van der Waals surface area contributed by atoms with Crippen LogP contribution in [0.4, 0.5) is 5.69 Å². The monoisotopic (exact) mass is 217 g/mol. The predicted octanol–water partition coefficient (Wildman–Crippen LogP) is 3.29. The van der Waals surface area contributed by atoms with Crippen molar-refractivity contribution in [3.8, 4) is 0 Å². The van der Waals surface area contributed by atoms with Crippen molar-refractivity contribution in [2.75, 3.05) is 4.90 Å². The summed E-state index contributed by atoms with van der Waals surface area (Å²) in [5, 5.41) is 0. The summed E-state index contributed by atoms with van der Waals surface area (Å²) < 4.78 is 0. The van der Waals surface area contributed by atoms with E-state index in [0.29, 0.717) is 6.42 Å². The zero-order valence-electron chi connectivity index (χ0n) is 10.3. The van der Waals surface area contributed by atoms with Crippen molar-refractivity contribution in [3.05, 3.63) is 29.8 Å². The standard InChI is InChI=1S/C14H19NO/c1-11-6-8-12(9-7-11)15-13(16)5-4-10-14(15,2)3/h6-9H,4-5,10H2,1-3H3. The summed E-state index contributed by atoms with van der Waals surface area (Å²) in [6.07, 6.45) is 2.76. The Morgan fingerprint density at radius 3 is 2.38 bits per heavy atom. The minimum atomic E-state index is -0.0510. The molecule has 1 aliphatic rings. The third-order valence-corrected chi connectivity index (χ3v) is 3.33. The fourth-order valence-electron chi connectivity index (χ4n) is 2.42. The zero-order chi connectivity index (χ0) is 11.8. The predicted molar refractivity (Wildman–Crippen MR) is 66.6 cm³/mol. The van der Waals surface area contributed by atoms with Gasteiger partial charge in [0, 0.05) is 17.6 Å². The molecule has 2 rings (SSSR count). The van der Waals surface area contributed by atoms with Crippen LogP contribution in [0.2, 0.25) is 0 Å². The number of aryl methyl sites for hydroxylation is 1. The summed E-state index contributed by atoms with van der Waals surface area (Å²) in [6, 6.07) is 8.21. The van der Waals surface area contributed by atoms with Gasteiger partial charge in [0.15, 0.2) is 0 Å². The number of hydrogen-bond acceptors (Lipinski definition) is 1. The van der Waals surface area contributed by atoms with E-state index in [-0.39, 0.29) is 11.4 Å². The van der Waals surface area contributed by atoms with Crippen LogP contribution < -0.4 is 4.90 Å². The van der Waals surface area contributed by atoms with E-state index in [1.165, 1.54) is 5.56 Å². The van der Waals surface area contributed by atoms with Crippen LogP contribution in [-0.4, -0.2) is 11.4 Å². The van der Waals surface area contributed by atoms with Crippen LogP contribution in [0.3, 0.4) is 0 Å². The van der Waals surface area contributed by atoms with Crippen molar-refractivity contribution in [1.29, 1.82) is 0 Å². The molecule has 2 heteroatoms. The van der Waals surface area contributed by atoms with Crippen molar-refractivity contribution >= 4 is 11.6 Å². The van der Waals surface area contributed by atoms with E-state index in [9.17, 15) is 4.79 Å². The highest BCUT2D eigenvalue weighted by molar-refractivity contribution is 5.95. The molecule has 0 saturated carbocycles. The summed E-state index contributed by atoms with van der Waals surface area (Å²) in [4.78, 5) is 14.0. The third kappa shape index (κ3) is 1.97. The van der Waals surface area contributed by atoms with E-state index in [0.717, 1.165) is 18.5 Å². The van der Waals surface area contributed by atoms with E-state index in [2.05, 4.69) is 32.9 Å². The maximum Gasteiger partial charge on any atom is 0.227 e. The summed E-state index contributed by atoms with van der Waals surface area (Å²) in [5.41, 5.74) is 2.20. The normalized spacial score (nSPS) is 19.9. The van der Waals surface area contributed by atoms with Crippen molar-refractivity contribution < 1.29 is 4.79 Å². The van der Waals surface area contributed by atoms with Gasteiger partial charge in [0.1, 0.15) is 0 Å². The smallest absolute Gasteiger partial charge is 0.227 e. The highest BCUT2D eigenvalue weighted by Crippen LogP contribution is 2.33. The number of nitrogens with zero attached hydrogens (tertiary/aromatic N) is 1. The van der Waals surface area contributed by atoms with Gasteiger partial charge in [0.2, 0.25) is 5.91 Å². The van der Waals surface area contributed by atoms with Gasteiger partial charge in [-0.2, -0.15) is 0 Å². The molecule has 0 radical (unpaired) electrons. The molecule has 1 aliphatic heterocycles. The van der Waals surface area contributed by atoms with E-state index < -0.39 is 0 Å². The first kappa shape index (κ1) is 11.2. The van der Waals surface area contributed by atoms with Crippen molar-refractivity contribution in [3.63, 3.8) is 0 Å². The molecule has 0 bridgehead atoms. The van der Waals surface area contributed by atoms with Gasteiger partial charge in [-0.15, -0.1) is 0 Å². The first-order valence-corrected chi connectivity index (χ1v) is 5.90. The Morgan fingerprint density at radius 1 is 1.19 bits per heavy atom. The van der Waals surface area contributed by atoms with Gasteiger partial charge < -0.3 is 4.90 Å². The number of anilines is 1. The van der Waals surface area contributed by atoms with Crippen LogP contribution in [0.5, 0.6) is 0 Å². The molecule has 2 nitrogen and oxygen atoms in total. The zero-order valence-corrected chi connectivity index (χ0v) is 10.3. The molecule has 1 fully saturated rings. The van der Waals surface area contributed by atoms with Crippen LogP contribution >= 0.6 is 0 Å². The second kappa shape index (κ2) is 3.93. The second-order valence-corrected chi connectivity index (χ2v) is 5.23. The fraction of sp³-hybridized carbons (Fsp3) is 0.500. The van der Waals surface area contributed by atoms with Gasteiger partial charge in [0.25, 0.3) is 0 Å². The van der Waals surface area contributed by atoms with Gasteiger partial charge in [0.05, 0.1) is 0 Å². The summed E-state index contributed by atoms with van der Waals surface area (Å²) in [6.45, 7) is 6.35. The van der Waals surface area contributed by atoms with Crippen LogP contribution in [0.25, 0.3) is 0 Å². The molecule has 1 amide bonds. The highest BCUT2D eigenvalue weighted by atomic mass is 16.2. The molecular formula is C14H19NO. The first-order chi connectivity index (χ1) is 7.50. The van der Waals surface area contributed by atoms with Crippen LogP contribution in [0.1, 0.15) is 38.7 Å². The van der Waals surface area contributed by atoms with E-state index in [4.69, 9.17) is 0 Å². The molecule has 86 valence electrons. The summed E-state index contributed by atoms with van der Waals surface area (Å²) >= 11 is 0. The van der Waals surface area contributed by atoms with Crippen LogP contribution in [-0.2, 0) is 4.79 Å². The highest BCUT2D eigenvalue weighted by Gasteiger charge is 2.35. The SMILES string of the molecule is Cc1ccc(N2C(=O)CCCC2(C)C)cc1. The molecule has 16 heavy (non-hydrogen) atoms. The number of piperidine rings is 1. The minimum absolute atomic E-state index is 0.0510. The molecule has 0 spiro atoms. The molecule has 1 heterocycles. The average Bonchev–Trinajstić information content (AvgIpc) is 2.19. The largest absolute Gasteiger partial charge is 0.307 e. The lowest BCUT2D eigenvalue weighted by Crippen LogP contribution is -2.51. The Labute approximate surface area is 97.3 Å². The number of amides is 1.